The number of hydrogen-bond acceptors (Lipinski definition) is 5. The van der Waals surface area contributed by atoms with Gasteiger partial charge in [-0.05, 0) is 18.6 Å². The number of nitrogens with zero attached hydrogens (tertiary/aromatic N) is 3. The number of carboxylic acids is 1. The molecule has 9 heteroatoms. The van der Waals surface area contributed by atoms with Gasteiger partial charge in [-0.3, -0.25) is 9.59 Å². The second kappa shape index (κ2) is 6.69. The summed E-state index contributed by atoms with van der Waals surface area (Å²) in [6.07, 6.45) is 0.361. The van der Waals surface area contributed by atoms with Crippen LogP contribution in [-0.4, -0.2) is 37.9 Å². The molecule has 2 aromatic rings. The summed E-state index contributed by atoms with van der Waals surface area (Å²) in [5.41, 5.74) is 5.86. The molecule has 9 nitrogen and oxygen atoms in total. The molecule has 0 fully saturated rings. The molecule has 2 amide bonds. The molecule has 0 spiro atoms. The number of amides is 2. The van der Waals surface area contributed by atoms with E-state index in [4.69, 9.17) is 10.8 Å². The molecule has 0 bridgehead atoms. The van der Waals surface area contributed by atoms with Crippen LogP contribution in [0.5, 0.6) is 0 Å². The van der Waals surface area contributed by atoms with Gasteiger partial charge in [0.1, 0.15) is 6.54 Å². The lowest BCUT2D eigenvalue weighted by Gasteiger charge is -2.09. The third-order valence-electron chi connectivity index (χ3n) is 3.14. The van der Waals surface area contributed by atoms with Gasteiger partial charge in [-0.1, -0.05) is 24.3 Å². The summed E-state index contributed by atoms with van der Waals surface area (Å²) < 4.78 is 1.21. The second-order valence-corrected chi connectivity index (χ2v) is 4.66. The quantitative estimate of drug-likeness (QED) is 0.698. The Bertz CT molecular complexity index is 768. The van der Waals surface area contributed by atoms with Crippen LogP contribution in [0, 0.1) is 0 Å². The Kier molecular flexibility index (Phi) is 4.69. The molecule has 0 aliphatic rings. The van der Waals surface area contributed by atoms with Crippen molar-refractivity contribution in [2.24, 2.45) is 5.73 Å². The van der Waals surface area contributed by atoms with Crippen LogP contribution in [0.4, 0.5) is 5.69 Å². The normalized spacial score (nSPS) is 10.3. The van der Waals surface area contributed by atoms with E-state index in [9.17, 15) is 14.4 Å². The van der Waals surface area contributed by atoms with E-state index < -0.39 is 17.8 Å². The molecule has 1 aromatic carbocycles. The highest BCUT2D eigenvalue weighted by molar-refractivity contribution is 6.02. The number of carbonyl (C=O) groups excluding carboxylic acids is 2. The molecule has 1 aromatic heterocycles. The Balaban J connectivity index is 2.18. The Labute approximate surface area is 131 Å². The molecule has 0 radical (unpaired) electrons. The van der Waals surface area contributed by atoms with Crippen molar-refractivity contribution in [1.82, 2.24) is 15.0 Å². The molecule has 4 N–H and O–H groups in total. The minimum Gasteiger partial charge on any atom is -0.476 e. The minimum atomic E-state index is -1.20. The van der Waals surface area contributed by atoms with Crippen molar-refractivity contribution < 1.29 is 19.5 Å². The number of carbonyl (C=O) groups is 3. The van der Waals surface area contributed by atoms with Crippen molar-refractivity contribution in [3.63, 3.8) is 0 Å². The van der Waals surface area contributed by atoms with Crippen molar-refractivity contribution in [3.8, 4) is 0 Å². The van der Waals surface area contributed by atoms with Gasteiger partial charge in [-0.25, -0.2) is 9.48 Å². The standard InChI is InChI=1S/C14H15N5O4/c1-2-10-12(14(22)23)17-18-19(10)7-11(20)16-9-6-4-3-5-8(9)13(15)21/h3-6H,2,7H2,1H3,(H2,15,21)(H,16,20)(H,22,23). The van der Waals surface area contributed by atoms with Crippen LogP contribution in [0.2, 0.25) is 0 Å². The number of carboxylic acid groups (broad SMARTS) is 1. The fourth-order valence-electron chi connectivity index (χ4n) is 2.11. The predicted octanol–water partition coefficient (Wildman–Crippen LogP) is 0.276. The van der Waals surface area contributed by atoms with Crippen LogP contribution in [0.3, 0.4) is 0 Å². The monoisotopic (exact) mass is 317 g/mol. The highest BCUT2D eigenvalue weighted by atomic mass is 16.4. The molecular weight excluding hydrogens is 302 g/mol. The van der Waals surface area contributed by atoms with Gasteiger partial charge in [-0.2, -0.15) is 0 Å². The van der Waals surface area contributed by atoms with Crippen LogP contribution >= 0.6 is 0 Å². The van der Waals surface area contributed by atoms with E-state index in [1.54, 1.807) is 25.1 Å². The number of aromatic nitrogens is 3. The van der Waals surface area contributed by atoms with Crippen molar-refractivity contribution >= 4 is 23.5 Å². The highest BCUT2D eigenvalue weighted by Gasteiger charge is 2.19. The Hall–Kier alpha value is -3.23. The molecule has 0 saturated carbocycles. The molecule has 120 valence electrons. The minimum absolute atomic E-state index is 0.182. The zero-order valence-corrected chi connectivity index (χ0v) is 12.3. The van der Waals surface area contributed by atoms with Crippen molar-refractivity contribution in [3.05, 3.63) is 41.2 Å². The van der Waals surface area contributed by atoms with Gasteiger partial charge in [0.05, 0.1) is 16.9 Å². The predicted molar refractivity (Wildman–Crippen MR) is 79.9 cm³/mol. The summed E-state index contributed by atoms with van der Waals surface area (Å²) in [6.45, 7) is 1.51. The SMILES string of the molecule is CCc1c(C(=O)O)nnn1CC(=O)Nc1ccccc1C(N)=O. The number of benzene rings is 1. The van der Waals surface area contributed by atoms with Gasteiger partial charge in [0.2, 0.25) is 5.91 Å². The van der Waals surface area contributed by atoms with Gasteiger partial charge in [0, 0.05) is 0 Å². The van der Waals surface area contributed by atoms with Crippen molar-refractivity contribution in [2.75, 3.05) is 5.32 Å². The number of hydrogen-bond donors (Lipinski definition) is 3. The first-order chi connectivity index (χ1) is 10.9. The van der Waals surface area contributed by atoms with E-state index in [0.717, 1.165) is 0 Å². The van der Waals surface area contributed by atoms with Gasteiger partial charge >= 0.3 is 5.97 Å². The topological polar surface area (TPSA) is 140 Å². The summed E-state index contributed by atoms with van der Waals surface area (Å²) in [7, 11) is 0. The van der Waals surface area contributed by atoms with E-state index in [1.807, 2.05) is 0 Å². The third kappa shape index (κ3) is 3.51. The molecule has 0 atom stereocenters. The maximum Gasteiger partial charge on any atom is 0.358 e. The molecule has 0 aliphatic carbocycles. The summed E-state index contributed by atoms with van der Waals surface area (Å²) in [5, 5.41) is 18.8. The molecule has 2 rings (SSSR count). The average molecular weight is 317 g/mol. The van der Waals surface area contributed by atoms with E-state index >= 15 is 0 Å². The summed E-state index contributed by atoms with van der Waals surface area (Å²) in [4.78, 5) is 34.4. The summed E-state index contributed by atoms with van der Waals surface area (Å²) in [6, 6.07) is 6.31. The maximum atomic E-state index is 12.1. The number of rotatable bonds is 6. The molecule has 0 aliphatic heterocycles. The van der Waals surface area contributed by atoms with E-state index in [2.05, 4.69) is 15.6 Å². The van der Waals surface area contributed by atoms with Gasteiger partial charge in [0.15, 0.2) is 5.69 Å². The maximum absolute atomic E-state index is 12.1. The molecule has 0 saturated heterocycles. The second-order valence-electron chi connectivity index (χ2n) is 4.66. The van der Waals surface area contributed by atoms with Gasteiger partial charge in [0.25, 0.3) is 5.91 Å². The van der Waals surface area contributed by atoms with Gasteiger partial charge < -0.3 is 16.2 Å². The van der Waals surface area contributed by atoms with Crippen LogP contribution in [0.15, 0.2) is 24.3 Å². The largest absolute Gasteiger partial charge is 0.476 e. The number of nitrogens with one attached hydrogen (secondary N) is 1. The fourth-order valence-corrected chi connectivity index (χ4v) is 2.11. The van der Waals surface area contributed by atoms with E-state index in [-0.39, 0.29) is 23.5 Å². The lowest BCUT2D eigenvalue weighted by molar-refractivity contribution is -0.117. The number of anilines is 1. The number of nitrogens with two attached hydrogens (primary N) is 1. The smallest absolute Gasteiger partial charge is 0.358 e. The first-order valence-electron chi connectivity index (χ1n) is 6.78. The molecule has 1 heterocycles. The van der Waals surface area contributed by atoms with E-state index in [1.165, 1.54) is 10.7 Å². The van der Waals surface area contributed by atoms with Crippen LogP contribution in [0.25, 0.3) is 0 Å². The number of para-hydroxylation sites is 1. The Morgan fingerprint density at radius 3 is 2.61 bits per heavy atom. The first-order valence-corrected chi connectivity index (χ1v) is 6.78. The zero-order chi connectivity index (χ0) is 17.0. The molecule has 0 unspecified atom stereocenters. The lowest BCUT2D eigenvalue weighted by atomic mass is 10.1. The Morgan fingerprint density at radius 2 is 2.00 bits per heavy atom. The highest BCUT2D eigenvalue weighted by Crippen LogP contribution is 2.14. The number of aromatic carboxylic acids is 1. The first kappa shape index (κ1) is 16.1. The molecule has 23 heavy (non-hydrogen) atoms. The van der Waals surface area contributed by atoms with Crippen LogP contribution in [-0.2, 0) is 17.8 Å². The van der Waals surface area contributed by atoms with Crippen molar-refractivity contribution in [1.29, 1.82) is 0 Å². The summed E-state index contributed by atoms with van der Waals surface area (Å²) >= 11 is 0. The number of primary amides is 1. The van der Waals surface area contributed by atoms with Crippen molar-refractivity contribution in [2.45, 2.75) is 19.9 Å². The fraction of sp³-hybridized carbons (Fsp3) is 0.214. The van der Waals surface area contributed by atoms with Crippen LogP contribution < -0.4 is 11.1 Å². The lowest BCUT2D eigenvalue weighted by Crippen LogP contribution is -2.23. The van der Waals surface area contributed by atoms with Gasteiger partial charge in [-0.15, -0.1) is 5.10 Å². The van der Waals surface area contributed by atoms with E-state index in [0.29, 0.717) is 12.1 Å². The Morgan fingerprint density at radius 1 is 1.30 bits per heavy atom. The summed E-state index contributed by atoms with van der Waals surface area (Å²) in [5.74, 6) is -2.34. The zero-order valence-electron chi connectivity index (χ0n) is 12.3. The third-order valence-corrected chi connectivity index (χ3v) is 3.14. The average Bonchev–Trinajstić information content (AvgIpc) is 2.90. The molecular formula is C14H15N5O4. The van der Waals surface area contributed by atoms with Crippen LogP contribution in [0.1, 0.15) is 33.5 Å².